The third-order valence-electron chi connectivity index (χ3n) is 5.24. The maximum atomic E-state index is 12.5. The van der Waals surface area contributed by atoms with Gasteiger partial charge in [-0.15, -0.1) is 0 Å². The monoisotopic (exact) mass is 433 g/mol. The molecule has 4 aromatic rings. The van der Waals surface area contributed by atoms with Crippen LogP contribution in [0.3, 0.4) is 0 Å². The maximum absolute atomic E-state index is 12.5. The Bertz CT molecular complexity index is 1340. The number of fused-ring (bicyclic) bond motifs is 2. The van der Waals surface area contributed by atoms with Gasteiger partial charge in [-0.25, -0.2) is 9.78 Å². The van der Waals surface area contributed by atoms with Gasteiger partial charge in [-0.1, -0.05) is 12.1 Å². The first-order chi connectivity index (χ1) is 15.6. The molecule has 0 radical (unpaired) electrons. The van der Waals surface area contributed by atoms with Crippen LogP contribution < -0.4 is 18.9 Å². The van der Waals surface area contributed by atoms with Gasteiger partial charge in [-0.3, -0.25) is 0 Å². The molecule has 0 N–H and O–H groups in total. The quantitative estimate of drug-likeness (QED) is 0.419. The van der Waals surface area contributed by atoms with E-state index in [1.807, 2.05) is 36.4 Å². The zero-order chi connectivity index (χ0) is 22.2. The minimum Gasteiger partial charge on any atom is -0.497 e. The van der Waals surface area contributed by atoms with Crippen LogP contribution in [0.25, 0.3) is 33.7 Å². The summed E-state index contributed by atoms with van der Waals surface area (Å²) in [6.07, 6.45) is 0. The number of hydrogen-bond donors (Lipinski definition) is 0. The lowest BCUT2D eigenvalue weighted by Gasteiger charge is -2.12. The lowest BCUT2D eigenvalue weighted by Crippen LogP contribution is -2.06. The van der Waals surface area contributed by atoms with Gasteiger partial charge in [0.05, 0.1) is 32.5 Å². The van der Waals surface area contributed by atoms with Crippen LogP contribution >= 0.6 is 0 Å². The van der Waals surface area contributed by atoms with Gasteiger partial charge in [0.2, 0.25) is 12.7 Å². The Hall–Kier alpha value is -4.20. The summed E-state index contributed by atoms with van der Waals surface area (Å²) in [5.74, 6) is 1.94. The fraction of sp³-hybridized carbons (Fsp3) is 0.167. The lowest BCUT2D eigenvalue weighted by molar-refractivity contribution is 0.0600. The number of benzene rings is 3. The van der Waals surface area contributed by atoms with E-state index in [1.165, 1.54) is 21.3 Å². The first-order valence-corrected chi connectivity index (χ1v) is 9.76. The Morgan fingerprint density at radius 2 is 1.69 bits per heavy atom. The molecule has 0 saturated heterocycles. The normalized spacial score (nSPS) is 12.1. The summed E-state index contributed by atoms with van der Waals surface area (Å²) in [6, 6.07) is 14.7. The molecule has 1 aliphatic rings. The van der Waals surface area contributed by atoms with E-state index in [1.54, 1.807) is 12.1 Å². The topological polar surface area (TPSA) is 89.3 Å². The average Bonchev–Trinajstić information content (AvgIpc) is 3.48. The number of carbonyl (C=O) groups is 1. The highest BCUT2D eigenvalue weighted by Gasteiger charge is 2.24. The smallest absolute Gasteiger partial charge is 0.338 e. The number of methoxy groups -OCH3 is 3. The van der Waals surface area contributed by atoms with Crippen molar-refractivity contribution >= 4 is 17.1 Å². The molecule has 2 heterocycles. The maximum Gasteiger partial charge on any atom is 0.338 e. The molecule has 0 fully saturated rings. The molecule has 3 aromatic carbocycles. The Kier molecular flexibility index (Phi) is 4.82. The first kappa shape index (κ1) is 19.7. The van der Waals surface area contributed by atoms with E-state index in [2.05, 4.69) is 4.98 Å². The van der Waals surface area contributed by atoms with Gasteiger partial charge in [0.25, 0.3) is 0 Å². The van der Waals surface area contributed by atoms with Crippen molar-refractivity contribution in [1.29, 1.82) is 0 Å². The molecule has 8 heteroatoms. The van der Waals surface area contributed by atoms with Crippen LogP contribution in [-0.2, 0) is 4.74 Å². The molecule has 5 rings (SSSR count). The Balaban J connectivity index is 1.62. The van der Waals surface area contributed by atoms with Crippen LogP contribution in [0.1, 0.15) is 10.4 Å². The number of rotatable bonds is 5. The van der Waals surface area contributed by atoms with Crippen molar-refractivity contribution in [2.24, 2.45) is 0 Å². The van der Waals surface area contributed by atoms with Crippen molar-refractivity contribution in [1.82, 2.24) is 4.98 Å². The molecular formula is C24H19NO7. The summed E-state index contributed by atoms with van der Waals surface area (Å²) < 4.78 is 32.6. The molecule has 1 aliphatic heterocycles. The van der Waals surface area contributed by atoms with Crippen molar-refractivity contribution in [2.45, 2.75) is 0 Å². The number of oxazole rings is 1. The average molecular weight is 433 g/mol. The van der Waals surface area contributed by atoms with Crippen molar-refractivity contribution in [2.75, 3.05) is 28.1 Å². The third-order valence-corrected chi connectivity index (χ3v) is 5.24. The zero-order valence-electron chi connectivity index (χ0n) is 17.6. The van der Waals surface area contributed by atoms with Crippen LogP contribution in [0.5, 0.6) is 23.0 Å². The third kappa shape index (κ3) is 3.26. The molecule has 0 aliphatic carbocycles. The minimum absolute atomic E-state index is 0.218. The van der Waals surface area contributed by atoms with Crippen LogP contribution in [0.15, 0.2) is 52.9 Å². The highest BCUT2D eigenvalue weighted by Crippen LogP contribution is 2.40. The summed E-state index contributed by atoms with van der Waals surface area (Å²) in [4.78, 5) is 17.0. The Morgan fingerprint density at radius 1 is 0.906 bits per heavy atom. The van der Waals surface area contributed by atoms with Gasteiger partial charge in [0, 0.05) is 6.07 Å². The van der Waals surface area contributed by atoms with Crippen LogP contribution in [0.2, 0.25) is 0 Å². The predicted octanol–water partition coefficient (Wildman–Crippen LogP) is 4.69. The molecule has 0 unspecified atom stereocenters. The number of carbonyl (C=O) groups excluding carboxylic acids is 1. The van der Waals surface area contributed by atoms with Crippen LogP contribution in [0.4, 0.5) is 0 Å². The van der Waals surface area contributed by atoms with E-state index in [-0.39, 0.29) is 18.2 Å². The number of ether oxygens (including phenoxy) is 5. The second-order valence-electron chi connectivity index (χ2n) is 7.01. The lowest BCUT2D eigenvalue weighted by atomic mass is 10.0. The predicted molar refractivity (Wildman–Crippen MR) is 115 cm³/mol. The molecule has 1 aromatic heterocycles. The highest BCUT2D eigenvalue weighted by molar-refractivity contribution is 5.99. The second kappa shape index (κ2) is 7.81. The van der Waals surface area contributed by atoms with Crippen molar-refractivity contribution in [3.63, 3.8) is 0 Å². The van der Waals surface area contributed by atoms with Gasteiger partial charge >= 0.3 is 5.97 Å². The van der Waals surface area contributed by atoms with Crippen molar-refractivity contribution in [3.05, 3.63) is 54.1 Å². The van der Waals surface area contributed by atoms with Crippen LogP contribution in [-0.4, -0.2) is 39.1 Å². The highest BCUT2D eigenvalue weighted by atomic mass is 16.7. The molecule has 0 amide bonds. The molecule has 8 nitrogen and oxygen atoms in total. The molecule has 32 heavy (non-hydrogen) atoms. The number of nitrogens with zero attached hydrogens (tertiary/aromatic N) is 1. The second-order valence-corrected chi connectivity index (χ2v) is 7.01. The zero-order valence-corrected chi connectivity index (χ0v) is 17.6. The SMILES string of the molecule is COC(=O)c1cc(OC)cc(OC)c1-c1nc2ccc(-c3ccc4c(c3)OCO4)cc2o1. The standard InChI is InChI=1S/C24H19NO7/c1-27-15-10-16(24(26)29-3)22(21(11-15)28-2)23-25-17-6-4-13(8-19(17)32-23)14-5-7-18-20(9-14)31-12-30-18/h4-11H,12H2,1-3H3. The van der Waals surface area contributed by atoms with E-state index in [0.717, 1.165) is 16.9 Å². The molecule has 0 atom stereocenters. The largest absolute Gasteiger partial charge is 0.497 e. The van der Waals surface area contributed by atoms with Crippen molar-refractivity contribution < 1.29 is 32.9 Å². The van der Waals surface area contributed by atoms with E-state index < -0.39 is 5.97 Å². The minimum atomic E-state index is -0.555. The number of hydrogen-bond acceptors (Lipinski definition) is 8. The molecule has 162 valence electrons. The summed E-state index contributed by atoms with van der Waals surface area (Å²) in [5.41, 5.74) is 3.69. The van der Waals surface area contributed by atoms with E-state index in [9.17, 15) is 4.79 Å². The molecule has 0 bridgehead atoms. The summed E-state index contributed by atoms with van der Waals surface area (Å²) in [5, 5.41) is 0. The number of esters is 1. The summed E-state index contributed by atoms with van der Waals surface area (Å²) in [6.45, 7) is 0.218. The fourth-order valence-corrected chi connectivity index (χ4v) is 3.65. The van der Waals surface area contributed by atoms with Gasteiger partial charge in [-0.05, 0) is 41.5 Å². The van der Waals surface area contributed by atoms with E-state index in [0.29, 0.717) is 33.9 Å². The molecule has 0 saturated carbocycles. The van der Waals surface area contributed by atoms with Crippen LogP contribution in [0, 0.1) is 0 Å². The Morgan fingerprint density at radius 3 is 2.47 bits per heavy atom. The van der Waals surface area contributed by atoms with E-state index in [4.69, 9.17) is 28.1 Å². The van der Waals surface area contributed by atoms with Gasteiger partial charge < -0.3 is 28.1 Å². The number of aromatic nitrogens is 1. The summed E-state index contributed by atoms with van der Waals surface area (Å²) in [7, 11) is 4.31. The fourth-order valence-electron chi connectivity index (χ4n) is 3.65. The Labute approximate surface area is 183 Å². The molecule has 0 spiro atoms. The van der Waals surface area contributed by atoms with Gasteiger partial charge in [0.15, 0.2) is 17.1 Å². The molecular weight excluding hydrogens is 414 g/mol. The van der Waals surface area contributed by atoms with Crippen molar-refractivity contribution in [3.8, 4) is 45.6 Å². The summed E-state index contributed by atoms with van der Waals surface area (Å²) >= 11 is 0. The van der Waals surface area contributed by atoms with E-state index >= 15 is 0 Å². The van der Waals surface area contributed by atoms with Gasteiger partial charge in [0.1, 0.15) is 17.0 Å². The first-order valence-electron chi connectivity index (χ1n) is 9.76. The van der Waals surface area contributed by atoms with Gasteiger partial charge in [-0.2, -0.15) is 0 Å².